The largest absolute Gasteiger partial charge is 0.465 e. The molecule has 0 bridgehead atoms. The number of carbonyl (C=O) groups is 1. The van der Waals surface area contributed by atoms with E-state index < -0.39 is 12.2 Å². The Morgan fingerprint density at radius 2 is 2.14 bits per heavy atom. The first-order chi connectivity index (χ1) is 10.5. The average molecular weight is 364 g/mol. The maximum absolute atomic E-state index is 11.6. The van der Waals surface area contributed by atoms with E-state index in [0.717, 1.165) is 20.7 Å². The van der Waals surface area contributed by atoms with Crippen molar-refractivity contribution >= 4 is 27.6 Å². The molecule has 0 saturated heterocycles. The highest BCUT2D eigenvalue weighted by Crippen LogP contribution is 2.43. The first-order valence-corrected chi connectivity index (χ1v) is 7.44. The van der Waals surface area contributed by atoms with E-state index in [0.29, 0.717) is 17.0 Å². The average Bonchev–Trinajstić information content (AvgIpc) is 2.85. The number of hydrogen-bond acceptors (Lipinski definition) is 5. The van der Waals surface area contributed by atoms with Crippen LogP contribution < -0.4 is 9.80 Å². The highest BCUT2D eigenvalue weighted by Gasteiger charge is 2.33. The summed E-state index contributed by atoms with van der Waals surface area (Å²) in [6, 6.07) is 10.5. The molecule has 0 fully saturated rings. The molecule has 114 valence electrons. The van der Waals surface area contributed by atoms with Gasteiger partial charge in [0.2, 0.25) is 6.23 Å². The summed E-state index contributed by atoms with van der Waals surface area (Å²) in [5, 5.41) is 11.5. The SMILES string of the molecule is COC(=O)c1ccc2c(c1)N(O)C(c1cccc(Br)c1C)O2. The lowest BCUT2D eigenvalue weighted by Gasteiger charge is -2.20. The highest BCUT2D eigenvalue weighted by atomic mass is 79.9. The number of benzene rings is 2. The summed E-state index contributed by atoms with van der Waals surface area (Å²) in [6.07, 6.45) is -0.652. The molecular weight excluding hydrogens is 350 g/mol. The summed E-state index contributed by atoms with van der Waals surface area (Å²) in [5.74, 6) is 0.0535. The summed E-state index contributed by atoms with van der Waals surface area (Å²) < 4.78 is 11.4. The number of anilines is 1. The van der Waals surface area contributed by atoms with Crippen LogP contribution in [0, 0.1) is 6.92 Å². The fourth-order valence-corrected chi connectivity index (χ4v) is 2.81. The molecule has 22 heavy (non-hydrogen) atoms. The molecule has 1 atom stereocenters. The monoisotopic (exact) mass is 363 g/mol. The molecule has 0 aromatic heterocycles. The van der Waals surface area contributed by atoms with Gasteiger partial charge in [0, 0.05) is 10.0 Å². The summed E-state index contributed by atoms with van der Waals surface area (Å²) in [5.41, 5.74) is 2.61. The number of halogens is 1. The van der Waals surface area contributed by atoms with Crippen LogP contribution in [0.4, 0.5) is 5.69 Å². The summed E-state index contributed by atoms with van der Waals surface area (Å²) >= 11 is 3.47. The molecule has 1 heterocycles. The molecule has 0 saturated carbocycles. The van der Waals surface area contributed by atoms with Gasteiger partial charge in [-0.05, 0) is 36.8 Å². The number of hydroxylamine groups is 1. The lowest BCUT2D eigenvalue weighted by molar-refractivity contribution is 0.0601. The van der Waals surface area contributed by atoms with E-state index >= 15 is 0 Å². The first kappa shape index (κ1) is 14.9. The Morgan fingerprint density at radius 1 is 1.36 bits per heavy atom. The van der Waals surface area contributed by atoms with Crippen LogP contribution in [0.2, 0.25) is 0 Å². The number of rotatable bonds is 2. The van der Waals surface area contributed by atoms with Crippen molar-refractivity contribution in [2.45, 2.75) is 13.2 Å². The van der Waals surface area contributed by atoms with Crippen molar-refractivity contribution in [1.82, 2.24) is 0 Å². The van der Waals surface area contributed by atoms with Crippen molar-refractivity contribution in [1.29, 1.82) is 0 Å². The molecule has 2 aromatic carbocycles. The fourth-order valence-electron chi connectivity index (χ4n) is 2.42. The summed E-state index contributed by atoms with van der Waals surface area (Å²) in [6.45, 7) is 1.94. The lowest BCUT2D eigenvalue weighted by atomic mass is 10.1. The number of esters is 1. The number of fused-ring (bicyclic) bond motifs is 1. The molecule has 0 radical (unpaired) electrons. The van der Waals surface area contributed by atoms with Crippen LogP contribution in [0.25, 0.3) is 0 Å². The van der Waals surface area contributed by atoms with Gasteiger partial charge in [-0.1, -0.05) is 28.1 Å². The Bertz CT molecular complexity index is 747. The Morgan fingerprint density at radius 3 is 2.86 bits per heavy atom. The van der Waals surface area contributed by atoms with Crippen molar-refractivity contribution in [3.05, 3.63) is 57.6 Å². The van der Waals surface area contributed by atoms with Crippen LogP contribution in [0.1, 0.15) is 27.7 Å². The highest BCUT2D eigenvalue weighted by molar-refractivity contribution is 9.10. The van der Waals surface area contributed by atoms with E-state index in [1.165, 1.54) is 7.11 Å². The van der Waals surface area contributed by atoms with Gasteiger partial charge in [-0.3, -0.25) is 5.21 Å². The molecule has 1 aliphatic rings. The van der Waals surface area contributed by atoms with E-state index in [9.17, 15) is 10.0 Å². The minimum Gasteiger partial charge on any atom is -0.465 e. The molecule has 1 aliphatic heterocycles. The van der Waals surface area contributed by atoms with E-state index in [4.69, 9.17) is 9.47 Å². The van der Waals surface area contributed by atoms with E-state index in [-0.39, 0.29) is 0 Å². The molecule has 1 N–H and O–H groups in total. The zero-order chi connectivity index (χ0) is 15.9. The van der Waals surface area contributed by atoms with Crippen molar-refractivity contribution < 1.29 is 19.5 Å². The third-order valence-electron chi connectivity index (χ3n) is 3.66. The molecule has 2 aromatic rings. The second kappa shape index (κ2) is 5.62. The van der Waals surface area contributed by atoms with Gasteiger partial charge in [0.1, 0.15) is 11.4 Å². The van der Waals surface area contributed by atoms with Gasteiger partial charge in [0.05, 0.1) is 12.7 Å². The van der Waals surface area contributed by atoms with Crippen LogP contribution in [0.15, 0.2) is 40.9 Å². The topological polar surface area (TPSA) is 59.0 Å². The van der Waals surface area contributed by atoms with Crippen LogP contribution in [0.5, 0.6) is 5.75 Å². The van der Waals surface area contributed by atoms with E-state index in [2.05, 4.69) is 15.9 Å². The third-order valence-corrected chi connectivity index (χ3v) is 4.52. The third kappa shape index (κ3) is 2.34. The van der Waals surface area contributed by atoms with Crippen molar-refractivity contribution in [3.8, 4) is 5.75 Å². The molecule has 0 aliphatic carbocycles. The second-order valence-electron chi connectivity index (χ2n) is 4.94. The molecule has 0 amide bonds. The minimum atomic E-state index is -0.652. The van der Waals surface area contributed by atoms with Crippen LogP contribution >= 0.6 is 15.9 Å². The second-order valence-corrected chi connectivity index (χ2v) is 5.80. The summed E-state index contributed by atoms with van der Waals surface area (Å²) in [4.78, 5) is 11.6. The number of hydrogen-bond donors (Lipinski definition) is 1. The Labute approximate surface area is 136 Å². The molecule has 6 heteroatoms. The number of carbonyl (C=O) groups excluding carboxylic acids is 1. The minimum absolute atomic E-state index is 0.357. The molecule has 3 rings (SSSR count). The maximum Gasteiger partial charge on any atom is 0.337 e. The fraction of sp³-hybridized carbons (Fsp3) is 0.188. The van der Waals surface area contributed by atoms with Crippen molar-refractivity contribution in [2.75, 3.05) is 12.2 Å². The quantitative estimate of drug-likeness (QED) is 0.821. The number of methoxy groups -OCH3 is 1. The van der Waals surface area contributed by atoms with E-state index in [1.54, 1.807) is 18.2 Å². The van der Waals surface area contributed by atoms with Crippen molar-refractivity contribution in [3.63, 3.8) is 0 Å². The normalized spacial score (nSPS) is 16.2. The van der Waals surface area contributed by atoms with Crippen LogP contribution in [-0.4, -0.2) is 18.3 Å². The summed E-state index contributed by atoms with van der Waals surface area (Å²) in [7, 11) is 1.32. The standard InChI is InChI=1S/C16H14BrNO4/c1-9-11(4-3-5-12(9)17)15-18(20)13-8-10(16(19)21-2)6-7-14(13)22-15/h3-8,15,20H,1-2H3. The van der Waals surface area contributed by atoms with Crippen LogP contribution in [-0.2, 0) is 4.74 Å². The maximum atomic E-state index is 11.6. The zero-order valence-corrected chi connectivity index (χ0v) is 13.6. The first-order valence-electron chi connectivity index (χ1n) is 6.65. The van der Waals surface area contributed by atoms with Gasteiger partial charge in [0.25, 0.3) is 0 Å². The Kier molecular flexibility index (Phi) is 3.80. The predicted octanol–water partition coefficient (Wildman–Crippen LogP) is 3.83. The Balaban J connectivity index is 1.99. The molecule has 1 unspecified atom stereocenters. The smallest absolute Gasteiger partial charge is 0.337 e. The van der Waals surface area contributed by atoms with Gasteiger partial charge >= 0.3 is 5.97 Å². The number of nitrogens with zero attached hydrogens (tertiary/aromatic N) is 1. The molecule has 5 nitrogen and oxygen atoms in total. The molecular formula is C16H14BrNO4. The number of ether oxygens (including phenoxy) is 2. The Hall–Kier alpha value is -2.05. The van der Waals surface area contributed by atoms with Crippen molar-refractivity contribution in [2.24, 2.45) is 0 Å². The van der Waals surface area contributed by atoms with Gasteiger partial charge in [-0.25, -0.2) is 9.86 Å². The predicted molar refractivity (Wildman–Crippen MR) is 84.3 cm³/mol. The molecule has 0 spiro atoms. The van der Waals surface area contributed by atoms with E-state index in [1.807, 2.05) is 25.1 Å². The van der Waals surface area contributed by atoms with Gasteiger partial charge < -0.3 is 9.47 Å². The zero-order valence-electron chi connectivity index (χ0n) is 12.0. The van der Waals surface area contributed by atoms with Crippen LogP contribution in [0.3, 0.4) is 0 Å². The lowest BCUT2D eigenvalue weighted by Crippen LogP contribution is -2.24. The van der Waals surface area contributed by atoms with Gasteiger partial charge in [-0.2, -0.15) is 0 Å². The van der Waals surface area contributed by atoms with Gasteiger partial charge in [-0.15, -0.1) is 0 Å². The van der Waals surface area contributed by atoms with Gasteiger partial charge in [0.15, 0.2) is 0 Å².